The summed E-state index contributed by atoms with van der Waals surface area (Å²) in [6, 6.07) is 35.6. The second-order valence-electron chi connectivity index (χ2n) is 16.5. The Hall–Kier alpha value is -5.85. The number of fused-ring (bicyclic) bond motifs is 1. The minimum absolute atomic E-state index is 0.0595. The largest absolute Gasteiger partial charge is 0.497 e. The average molecular weight is 904 g/mol. The highest BCUT2D eigenvalue weighted by atomic mass is 31.2. The maximum atomic E-state index is 18.0. The third kappa shape index (κ3) is 9.47. The summed E-state index contributed by atoms with van der Waals surface area (Å²) in [6.45, 7) is 7.48. The molecular weight excluding hydrogens is 849 g/mol. The summed E-state index contributed by atoms with van der Waals surface area (Å²) in [7, 11) is 0.557. The lowest BCUT2D eigenvalue weighted by molar-refractivity contribution is -0.0879. The molecule has 16 heteroatoms. The Bertz CT molecular complexity index is 2490. The minimum atomic E-state index is -2.64. The number of nitrogens with zero attached hydrogens (tertiary/aromatic N) is 7. The zero-order valence-corrected chi connectivity index (χ0v) is 38.3. The highest BCUT2D eigenvalue weighted by Gasteiger charge is 2.52. The van der Waals surface area contributed by atoms with Gasteiger partial charge >= 0.3 is 0 Å². The molecule has 0 aliphatic carbocycles. The normalized spacial score (nSPS) is 18.5. The Morgan fingerprint density at radius 1 is 0.908 bits per heavy atom. The zero-order chi connectivity index (χ0) is 46.3. The number of halogens is 1. The smallest absolute Gasteiger partial charge is 0.259 e. The van der Waals surface area contributed by atoms with Crippen LogP contribution in [0.1, 0.15) is 80.2 Å². The molecule has 1 fully saturated rings. The molecule has 1 amide bonds. The first-order valence-corrected chi connectivity index (χ1v) is 22.8. The Kier molecular flexibility index (Phi) is 14.9. The SMILES string of the molecule is CCN(C(=O)c1ccccc1)c1ncnc2c1ncn2[C@@H]1O[C@@H](COC(c2ccccc2)(c2ccc(OC)cc2)c2ccc(OC)cc2)[C@@H](CC(C)(CCC#N)N(C(C)C)P(O)O)[C@H]1F. The van der Waals surface area contributed by atoms with Gasteiger partial charge in [0.2, 0.25) is 0 Å². The third-order valence-corrected chi connectivity index (χ3v) is 13.6. The van der Waals surface area contributed by atoms with Crippen LogP contribution in [-0.2, 0) is 15.1 Å². The van der Waals surface area contributed by atoms with Crippen molar-refractivity contribution in [1.82, 2.24) is 24.2 Å². The van der Waals surface area contributed by atoms with Crippen LogP contribution in [0.2, 0.25) is 0 Å². The Labute approximate surface area is 380 Å². The van der Waals surface area contributed by atoms with Gasteiger partial charge in [-0.15, -0.1) is 0 Å². The molecule has 2 N–H and O–H groups in total. The third-order valence-electron chi connectivity index (χ3n) is 12.2. The number of alkyl halides is 1. The van der Waals surface area contributed by atoms with E-state index in [-0.39, 0.29) is 61.3 Å². The van der Waals surface area contributed by atoms with E-state index in [1.165, 1.54) is 22.1 Å². The molecule has 4 aromatic carbocycles. The topological polar surface area (TPSA) is 168 Å². The van der Waals surface area contributed by atoms with Crippen LogP contribution < -0.4 is 14.4 Å². The first-order chi connectivity index (χ1) is 31.4. The fourth-order valence-corrected chi connectivity index (χ4v) is 10.2. The molecular formula is C49H55FN7O7P. The van der Waals surface area contributed by atoms with Crippen LogP contribution in [-0.4, -0.2) is 91.1 Å². The Morgan fingerprint density at radius 2 is 1.49 bits per heavy atom. The van der Waals surface area contributed by atoms with Crippen LogP contribution >= 0.6 is 8.53 Å². The molecule has 2 aromatic heterocycles. The van der Waals surface area contributed by atoms with Crippen LogP contribution in [0, 0.1) is 17.2 Å². The molecule has 340 valence electrons. The number of carbonyl (C=O) groups is 1. The zero-order valence-electron chi connectivity index (χ0n) is 37.4. The van der Waals surface area contributed by atoms with Gasteiger partial charge in [-0.2, -0.15) is 5.26 Å². The predicted octanol–water partition coefficient (Wildman–Crippen LogP) is 8.75. The Morgan fingerprint density at radius 3 is 2.03 bits per heavy atom. The van der Waals surface area contributed by atoms with E-state index < -0.39 is 44.1 Å². The van der Waals surface area contributed by atoms with Crippen molar-refractivity contribution in [3.05, 3.63) is 144 Å². The summed E-state index contributed by atoms with van der Waals surface area (Å²) < 4.78 is 46.3. The van der Waals surface area contributed by atoms with E-state index in [1.54, 1.807) is 43.2 Å². The van der Waals surface area contributed by atoms with Crippen LogP contribution in [0.5, 0.6) is 11.5 Å². The van der Waals surface area contributed by atoms with Crippen molar-refractivity contribution in [1.29, 1.82) is 5.26 Å². The fraction of sp³-hybridized carbons (Fsp3) is 0.367. The maximum Gasteiger partial charge on any atom is 0.259 e. The molecule has 1 saturated heterocycles. The molecule has 1 aliphatic heterocycles. The molecule has 6 aromatic rings. The quantitative estimate of drug-likeness (QED) is 0.0587. The summed E-state index contributed by atoms with van der Waals surface area (Å²) in [4.78, 5) is 50.6. The van der Waals surface area contributed by atoms with E-state index in [9.17, 15) is 19.8 Å². The van der Waals surface area contributed by atoms with Gasteiger partial charge in [0, 0.05) is 36.0 Å². The van der Waals surface area contributed by atoms with Crippen LogP contribution in [0.25, 0.3) is 11.2 Å². The highest BCUT2D eigenvalue weighted by molar-refractivity contribution is 7.42. The van der Waals surface area contributed by atoms with E-state index in [1.807, 2.05) is 113 Å². The number of hydrogen-bond donors (Lipinski definition) is 2. The first kappa shape index (κ1) is 47.1. The molecule has 14 nitrogen and oxygen atoms in total. The molecule has 7 rings (SSSR count). The van der Waals surface area contributed by atoms with Gasteiger partial charge in [0.1, 0.15) is 23.4 Å². The van der Waals surface area contributed by atoms with Crippen molar-refractivity contribution in [3.8, 4) is 17.6 Å². The summed E-state index contributed by atoms with van der Waals surface area (Å²) >= 11 is 0. The number of nitriles is 1. The summed E-state index contributed by atoms with van der Waals surface area (Å²) in [5.74, 6) is 0.356. The van der Waals surface area contributed by atoms with Gasteiger partial charge in [-0.1, -0.05) is 72.8 Å². The highest BCUT2D eigenvalue weighted by Crippen LogP contribution is 2.50. The summed E-state index contributed by atoms with van der Waals surface area (Å²) in [5.41, 5.74) is 0.992. The van der Waals surface area contributed by atoms with Crippen molar-refractivity contribution in [3.63, 3.8) is 0 Å². The number of ether oxygens (including phenoxy) is 4. The standard InChI is InChI=1S/C49H55FN7O7P/c1-7-55(46(58)34-15-10-8-11-16-34)44-43-45(53-31-52-44)56(32-54-43)47-42(50)40(29-48(4,27-14-28-51)57(33(2)3)65(59)60)41(64-47)30-63-49(35-17-12-9-13-18-35,36-19-23-38(61-5)24-20-36)37-21-25-39(62-6)26-22-37/h8-13,15-26,31-33,40-42,47,59-60H,7,14,27,29-30H2,1-6H3/t40-,41+,42-,47-,48?/m1/s1. The monoisotopic (exact) mass is 903 g/mol. The number of methoxy groups -OCH3 is 2. The molecule has 5 atom stereocenters. The molecule has 0 radical (unpaired) electrons. The van der Waals surface area contributed by atoms with Crippen molar-refractivity contribution in [2.75, 3.05) is 32.3 Å². The lowest BCUT2D eigenvalue weighted by Gasteiger charge is -2.45. The average Bonchev–Trinajstić information content (AvgIpc) is 3.89. The molecule has 1 aliphatic rings. The van der Waals surface area contributed by atoms with Gasteiger partial charge in [0.15, 0.2) is 29.4 Å². The fourth-order valence-electron chi connectivity index (χ4n) is 9.22. The van der Waals surface area contributed by atoms with Crippen molar-refractivity contribution >= 4 is 31.4 Å². The van der Waals surface area contributed by atoms with Crippen LogP contribution in [0.3, 0.4) is 0 Å². The van der Waals surface area contributed by atoms with Gasteiger partial charge in [-0.25, -0.2) is 24.0 Å². The number of imidazole rings is 1. The van der Waals surface area contributed by atoms with Gasteiger partial charge < -0.3 is 28.7 Å². The number of hydrogen-bond acceptors (Lipinski definition) is 12. The van der Waals surface area contributed by atoms with Crippen LogP contribution in [0.4, 0.5) is 10.2 Å². The number of aromatic nitrogens is 4. The van der Waals surface area contributed by atoms with E-state index in [0.29, 0.717) is 17.1 Å². The number of amides is 1. The van der Waals surface area contributed by atoms with Crippen molar-refractivity contribution in [2.24, 2.45) is 5.92 Å². The lowest BCUT2D eigenvalue weighted by atomic mass is 9.79. The minimum Gasteiger partial charge on any atom is -0.497 e. The van der Waals surface area contributed by atoms with Crippen molar-refractivity contribution in [2.45, 2.75) is 82.6 Å². The maximum absolute atomic E-state index is 18.0. The molecule has 0 spiro atoms. The van der Waals surface area contributed by atoms with E-state index >= 15 is 4.39 Å². The van der Waals surface area contributed by atoms with Crippen molar-refractivity contribution < 1.29 is 37.9 Å². The molecule has 65 heavy (non-hydrogen) atoms. The Balaban J connectivity index is 1.35. The van der Waals surface area contributed by atoms with E-state index in [0.717, 1.165) is 16.7 Å². The molecule has 0 saturated carbocycles. The molecule has 1 unspecified atom stereocenters. The number of carbonyl (C=O) groups excluding carboxylic acids is 1. The first-order valence-electron chi connectivity index (χ1n) is 21.6. The van der Waals surface area contributed by atoms with Gasteiger partial charge in [0.05, 0.1) is 39.3 Å². The summed E-state index contributed by atoms with van der Waals surface area (Å²) in [5, 5.41) is 9.79. The van der Waals surface area contributed by atoms with Crippen LogP contribution in [0.15, 0.2) is 122 Å². The predicted molar refractivity (Wildman–Crippen MR) is 246 cm³/mol. The number of benzene rings is 4. The van der Waals surface area contributed by atoms with Gasteiger partial charge in [0.25, 0.3) is 14.4 Å². The van der Waals surface area contributed by atoms with Gasteiger partial charge in [-0.05, 0) is 93.6 Å². The lowest BCUT2D eigenvalue weighted by Crippen LogP contribution is -2.50. The number of rotatable bonds is 19. The van der Waals surface area contributed by atoms with Gasteiger partial charge in [-0.3, -0.25) is 14.3 Å². The second-order valence-corrected chi connectivity index (χ2v) is 17.5. The summed E-state index contributed by atoms with van der Waals surface area (Å²) in [6.07, 6.45) is -0.817. The molecule has 0 bridgehead atoms. The van der Waals surface area contributed by atoms with E-state index in [4.69, 9.17) is 18.9 Å². The number of anilines is 1. The molecule has 3 heterocycles. The van der Waals surface area contributed by atoms with E-state index in [2.05, 4.69) is 21.0 Å². The second kappa shape index (κ2) is 20.5.